The molecule has 1 aliphatic rings. The van der Waals surface area contributed by atoms with Crippen LogP contribution in [-0.4, -0.2) is 29.1 Å². The molecule has 2 aromatic rings. The largest absolute Gasteiger partial charge is 0.299 e. The summed E-state index contributed by atoms with van der Waals surface area (Å²) in [6.07, 6.45) is 1.43. The molecule has 0 radical (unpaired) electrons. The van der Waals surface area contributed by atoms with Gasteiger partial charge >= 0.3 is 0 Å². The van der Waals surface area contributed by atoms with Crippen molar-refractivity contribution in [3.8, 4) is 0 Å². The van der Waals surface area contributed by atoms with Crippen molar-refractivity contribution in [1.29, 1.82) is 0 Å². The summed E-state index contributed by atoms with van der Waals surface area (Å²) >= 11 is 10.2. The normalized spacial score (nSPS) is 17.3. The van der Waals surface area contributed by atoms with Gasteiger partial charge in [-0.25, -0.2) is 4.39 Å². The van der Waals surface area contributed by atoms with Crippen LogP contribution in [0.4, 0.5) is 4.39 Å². The van der Waals surface area contributed by atoms with E-state index in [0.717, 1.165) is 57.7 Å². The summed E-state index contributed by atoms with van der Waals surface area (Å²) in [5.41, 5.74) is 3.06. The van der Waals surface area contributed by atoms with Crippen LogP contribution >= 0.6 is 27.5 Å². The molecule has 0 bridgehead atoms. The zero-order valence-electron chi connectivity index (χ0n) is 12.6. The molecule has 2 nitrogen and oxygen atoms in total. The van der Waals surface area contributed by atoms with Gasteiger partial charge in [0.15, 0.2) is 0 Å². The molecule has 0 atom stereocenters. The number of hydrogen-bond donors (Lipinski definition) is 0. The quantitative estimate of drug-likeness (QED) is 0.726. The Morgan fingerprint density at radius 3 is 2.77 bits per heavy atom. The lowest BCUT2D eigenvalue weighted by molar-refractivity contribution is 0.145. The minimum Gasteiger partial charge on any atom is -0.299 e. The Balaban J connectivity index is 1.98. The van der Waals surface area contributed by atoms with Gasteiger partial charge in [-0.15, -0.1) is 0 Å². The second-order valence-corrected chi connectivity index (χ2v) is 7.11. The fraction of sp³-hybridized carbons (Fsp3) is 0.471. The van der Waals surface area contributed by atoms with E-state index in [9.17, 15) is 4.39 Å². The Morgan fingerprint density at radius 1 is 1.36 bits per heavy atom. The molecule has 0 N–H and O–H groups in total. The van der Waals surface area contributed by atoms with Gasteiger partial charge in [-0.3, -0.25) is 9.88 Å². The SMILES string of the molecule is CCc1nc2ccc(Br)cc2c(Cl)c1CN1CCC(F)CC1. The first kappa shape index (κ1) is 16.2. The summed E-state index contributed by atoms with van der Waals surface area (Å²) < 4.78 is 14.3. The second kappa shape index (κ2) is 6.81. The molecule has 0 spiro atoms. The van der Waals surface area contributed by atoms with E-state index in [4.69, 9.17) is 16.6 Å². The molecule has 0 aliphatic carbocycles. The number of fused-ring (bicyclic) bond motifs is 1. The third kappa shape index (κ3) is 3.29. The van der Waals surface area contributed by atoms with Crippen LogP contribution < -0.4 is 0 Å². The Kier molecular flexibility index (Phi) is 5.00. The van der Waals surface area contributed by atoms with Crippen LogP contribution in [0.25, 0.3) is 10.9 Å². The number of alkyl halides is 1. The summed E-state index contributed by atoms with van der Waals surface area (Å²) in [6.45, 7) is 4.43. The number of benzene rings is 1. The first-order valence-corrected chi connectivity index (χ1v) is 8.88. The average molecular weight is 386 g/mol. The molecule has 1 fully saturated rings. The molecule has 22 heavy (non-hydrogen) atoms. The first-order chi connectivity index (χ1) is 10.6. The van der Waals surface area contributed by atoms with Crippen molar-refractivity contribution in [3.05, 3.63) is 39.0 Å². The van der Waals surface area contributed by atoms with Gasteiger partial charge in [-0.1, -0.05) is 34.5 Å². The molecule has 5 heteroatoms. The smallest absolute Gasteiger partial charge is 0.103 e. The maximum Gasteiger partial charge on any atom is 0.103 e. The van der Waals surface area contributed by atoms with E-state index in [1.54, 1.807) is 0 Å². The first-order valence-electron chi connectivity index (χ1n) is 7.71. The molecule has 0 unspecified atom stereocenters. The molecule has 1 saturated heterocycles. The summed E-state index contributed by atoms with van der Waals surface area (Å²) in [5, 5.41) is 1.76. The van der Waals surface area contributed by atoms with Gasteiger partial charge in [0.05, 0.1) is 10.5 Å². The van der Waals surface area contributed by atoms with Crippen LogP contribution in [0.3, 0.4) is 0 Å². The number of hydrogen-bond acceptors (Lipinski definition) is 2. The average Bonchev–Trinajstić information content (AvgIpc) is 2.52. The van der Waals surface area contributed by atoms with E-state index < -0.39 is 6.17 Å². The minimum absolute atomic E-state index is 0.617. The van der Waals surface area contributed by atoms with Gasteiger partial charge in [-0.2, -0.15) is 0 Å². The van der Waals surface area contributed by atoms with Gasteiger partial charge in [0.1, 0.15) is 6.17 Å². The molecule has 0 saturated carbocycles. The maximum absolute atomic E-state index is 13.3. The Morgan fingerprint density at radius 2 is 2.09 bits per heavy atom. The zero-order valence-corrected chi connectivity index (χ0v) is 14.9. The predicted molar refractivity (Wildman–Crippen MR) is 93.2 cm³/mol. The van der Waals surface area contributed by atoms with Crippen LogP contribution in [-0.2, 0) is 13.0 Å². The van der Waals surface area contributed by atoms with Gasteiger partial charge in [-0.05, 0) is 37.5 Å². The lowest BCUT2D eigenvalue weighted by Crippen LogP contribution is -2.34. The van der Waals surface area contributed by atoms with E-state index in [2.05, 4.69) is 27.8 Å². The summed E-state index contributed by atoms with van der Waals surface area (Å²) in [7, 11) is 0. The van der Waals surface area contributed by atoms with E-state index in [1.165, 1.54) is 0 Å². The number of aromatic nitrogens is 1. The van der Waals surface area contributed by atoms with Crippen molar-refractivity contribution >= 4 is 38.4 Å². The summed E-state index contributed by atoms with van der Waals surface area (Å²) in [6, 6.07) is 5.99. The Labute approximate surface area is 143 Å². The zero-order chi connectivity index (χ0) is 15.7. The highest BCUT2D eigenvalue weighted by atomic mass is 79.9. The lowest BCUT2D eigenvalue weighted by Gasteiger charge is -2.29. The van der Waals surface area contributed by atoms with Crippen molar-refractivity contribution in [2.24, 2.45) is 0 Å². The number of likely N-dealkylation sites (tertiary alicyclic amines) is 1. The molecule has 1 aliphatic heterocycles. The van der Waals surface area contributed by atoms with Gasteiger partial charge < -0.3 is 0 Å². The molecular weight excluding hydrogens is 367 g/mol. The molecular formula is C17H19BrClFN2. The van der Waals surface area contributed by atoms with Crippen molar-refractivity contribution in [2.45, 2.75) is 38.9 Å². The molecule has 2 heterocycles. The molecule has 3 rings (SSSR count). The molecule has 1 aromatic carbocycles. The fourth-order valence-corrected chi connectivity index (χ4v) is 3.70. The number of pyridine rings is 1. The third-order valence-corrected chi connectivity index (χ3v) is 5.22. The van der Waals surface area contributed by atoms with Crippen LogP contribution in [0.15, 0.2) is 22.7 Å². The highest BCUT2D eigenvalue weighted by Crippen LogP contribution is 2.32. The van der Waals surface area contributed by atoms with Crippen LogP contribution in [0.5, 0.6) is 0 Å². The van der Waals surface area contributed by atoms with Gasteiger partial charge in [0.25, 0.3) is 0 Å². The highest BCUT2D eigenvalue weighted by molar-refractivity contribution is 9.10. The van der Waals surface area contributed by atoms with Gasteiger partial charge in [0, 0.05) is 40.8 Å². The second-order valence-electron chi connectivity index (χ2n) is 5.82. The molecule has 0 amide bonds. The number of nitrogens with zero attached hydrogens (tertiary/aromatic N) is 2. The fourth-order valence-electron chi connectivity index (χ4n) is 3.02. The summed E-state index contributed by atoms with van der Waals surface area (Å²) in [5.74, 6) is 0. The minimum atomic E-state index is -0.650. The maximum atomic E-state index is 13.3. The number of piperidine rings is 1. The standard InChI is InChI=1S/C17H19BrClFN2/c1-2-15-14(10-22-7-5-12(20)6-8-22)17(19)13-9-11(18)3-4-16(13)21-15/h3-4,9,12H,2,5-8,10H2,1H3. The van der Waals surface area contributed by atoms with Crippen LogP contribution in [0, 0.1) is 0 Å². The Bertz CT molecular complexity index is 684. The van der Waals surface area contributed by atoms with Crippen molar-refractivity contribution in [3.63, 3.8) is 0 Å². The topological polar surface area (TPSA) is 16.1 Å². The predicted octanol–water partition coefficient (Wildman–Crippen LogP) is 5.15. The van der Waals surface area contributed by atoms with E-state index in [0.29, 0.717) is 12.8 Å². The van der Waals surface area contributed by atoms with Crippen molar-refractivity contribution in [1.82, 2.24) is 9.88 Å². The van der Waals surface area contributed by atoms with E-state index in [-0.39, 0.29) is 0 Å². The van der Waals surface area contributed by atoms with Crippen LogP contribution in [0.1, 0.15) is 31.0 Å². The highest BCUT2D eigenvalue weighted by Gasteiger charge is 2.21. The number of aryl methyl sites for hydroxylation is 1. The molecule has 1 aromatic heterocycles. The summed E-state index contributed by atoms with van der Waals surface area (Å²) in [4.78, 5) is 7.05. The number of halogens is 3. The van der Waals surface area contributed by atoms with Crippen molar-refractivity contribution in [2.75, 3.05) is 13.1 Å². The van der Waals surface area contributed by atoms with Gasteiger partial charge in [0.2, 0.25) is 0 Å². The third-order valence-electron chi connectivity index (χ3n) is 4.30. The van der Waals surface area contributed by atoms with Crippen molar-refractivity contribution < 1.29 is 4.39 Å². The molecule has 118 valence electrons. The Hall–Kier alpha value is -0.710. The monoisotopic (exact) mass is 384 g/mol. The van der Waals surface area contributed by atoms with E-state index in [1.807, 2.05) is 18.2 Å². The number of rotatable bonds is 3. The lowest BCUT2D eigenvalue weighted by atomic mass is 10.0. The van der Waals surface area contributed by atoms with E-state index >= 15 is 0 Å². The van der Waals surface area contributed by atoms with Crippen LogP contribution in [0.2, 0.25) is 5.02 Å².